The van der Waals surface area contributed by atoms with E-state index in [0.717, 1.165) is 12.8 Å². The first-order valence-corrected chi connectivity index (χ1v) is 4.95. The fourth-order valence-corrected chi connectivity index (χ4v) is 2.05. The minimum absolute atomic E-state index is 0.0525. The number of nitrogens with one attached hydrogen (secondary N) is 2. The highest BCUT2D eigenvalue weighted by molar-refractivity contribution is 5.90. The molecule has 0 aromatic heterocycles. The summed E-state index contributed by atoms with van der Waals surface area (Å²) < 4.78 is 4.89. The minimum Gasteiger partial charge on any atom is -0.464 e. The van der Waals surface area contributed by atoms with Gasteiger partial charge in [0, 0.05) is 6.04 Å². The van der Waals surface area contributed by atoms with Crippen molar-refractivity contribution in [3.8, 4) is 0 Å². The highest BCUT2D eigenvalue weighted by atomic mass is 16.5. The predicted octanol–water partition coefficient (Wildman–Crippen LogP) is -0.831. The molecule has 3 atom stereocenters. The second-order valence-electron chi connectivity index (χ2n) is 3.64. The molecule has 2 aliphatic heterocycles. The SMILES string of the molecule is CCOC(=O)C1NC(=O)C2CCC1N2. The number of piperazine rings is 1. The zero-order valence-electron chi connectivity index (χ0n) is 8.08. The molecule has 5 nitrogen and oxygen atoms in total. The van der Waals surface area contributed by atoms with Crippen molar-refractivity contribution >= 4 is 11.9 Å². The van der Waals surface area contributed by atoms with E-state index in [4.69, 9.17) is 4.74 Å². The van der Waals surface area contributed by atoms with Crippen molar-refractivity contribution < 1.29 is 14.3 Å². The van der Waals surface area contributed by atoms with Gasteiger partial charge in [-0.25, -0.2) is 4.79 Å². The maximum atomic E-state index is 11.5. The topological polar surface area (TPSA) is 67.4 Å². The fraction of sp³-hybridized carbons (Fsp3) is 0.778. The fourth-order valence-electron chi connectivity index (χ4n) is 2.05. The average Bonchev–Trinajstić information content (AvgIpc) is 2.57. The molecule has 0 saturated carbocycles. The van der Waals surface area contributed by atoms with Crippen LogP contribution in [0.4, 0.5) is 0 Å². The molecule has 2 N–H and O–H groups in total. The van der Waals surface area contributed by atoms with E-state index in [1.807, 2.05) is 0 Å². The third-order valence-corrected chi connectivity index (χ3v) is 2.74. The van der Waals surface area contributed by atoms with Crippen LogP contribution in [0.15, 0.2) is 0 Å². The summed E-state index contributed by atoms with van der Waals surface area (Å²) >= 11 is 0. The number of fused-ring (bicyclic) bond motifs is 2. The highest BCUT2D eigenvalue weighted by Gasteiger charge is 2.43. The Labute approximate surface area is 82.2 Å². The molecule has 2 aliphatic rings. The van der Waals surface area contributed by atoms with Crippen molar-refractivity contribution in [3.05, 3.63) is 0 Å². The molecule has 0 radical (unpaired) electrons. The van der Waals surface area contributed by atoms with Gasteiger partial charge in [0.2, 0.25) is 5.91 Å². The molecule has 2 rings (SSSR count). The maximum absolute atomic E-state index is 11.5. The van der Waals surface area contributed by atoms with Crippen LogP contribution in [0, 0.1) is 0 Å². The van der Waals surface area contributed by atoms with Gasteiger partial charge in [-0.05, 0) is 19.8 Å². The van der Waals surface area contributed by atoms with Gasteiger partial charge in [-0.3, -0.25) is 4.79 Å². The highest BCUT2D eigenvalue weighted by Crippen LogP contribution is 2.20. The van der Waals surface area contributed by atoms with Crippen LogP contribution in [-0.4, -0.2) is 36.6 Å². The van der Waals surface area contributed by atoms with E-state index in [1.54, 1.807) is 6.92 Å². The zero-order valence-corrected chi connectivity index (χ0v) is 8.08. The lowest BCUT2D eigenvalue weighted by molar-refractivity contribution is -0.149. The number of hydrogen-bond acceptors (Lipinski definition) is 4. The predicted molar refractivity (Wildman–Crippen MR) is 48.5 cm³/mol. The third kappa shape index (κ3) is 1.48. The standard InChI is InChI=1S/C9H14N2O3/c1-2-14-9(13)7-5-3-4-6(10-5)8(12)11-7/h5-7,10H,2-4H2,1H3,(H,11,12). The number of ether oxygens (including phenoxy) is 1. The van der Waals surface area contributed by atoms with Crippen molar-refractivity contribution in [3.63, 3.8) is 0 Å². The van der Waals surface area contributed by atoms with Crippen molar-refractivity contribution in [2.45, 2.75) is 37.9 Å². The molecule has 2 heterocycles. The largest absolute Gasteiger partial charge is 0.464 e. The second kappa shape index (κ2) is 3.57. The van der Waals surface area contributed by atoms with E-state index in [0.29, 0.717) is 6.61 Å². The van der Waals surface area contributed by atoms with E-state index in [-0.39, 0.29) is 24.0 Å². The monoisotopic (exact) mass is 198 g/mol. The number of hydrogen-bond donors (Lipinski definition) is 2. The van der Waals surface area contributed by atoms with Crippen LogP contribution in [0.25, 0.3) is 0 Å². The van der Waals surface area contributed by atoms with E-state index in [1.165, 1.54) is 0 Å². The number of esters is 1. The molecule has 0 aliphatic carbocycles. The van der Waals surface area contributed by atoms with E-state index < -0.39 is 6.04 Å². The van der Waals surface area contributed by atoms with Gasteiger partial charge in [0.1, 0.15) is 6.04 Å². The molecular weight excluding hydrogens is 184 g/mol. The first-order valence-electron chi connectivity index (χ1n) is 4.95. The third-order valence-electron chi connectivity index (χ3n) is 2.74. The summed E-state index contributed by atoms with van der Waals surface area (Å²) in [4.78, 5) is 22.8. The summed E-state index contributed by atoms with van der Waals surface area (Å²) in [7, 11) is 0. The molecule has 3 unspecified atom stereocenters. The zero-order chi connectivity index (χ0) is 10.1. The van der Waals surface area contributed by atoms with Crippen LogP contribution < -0.4 is 10.6 Å². The van der Waals surface area contributed by atoms with Crippen LogP contribution in [0.3, 0.4) is 0 Å². The van der Waals surface area contributed by atoms with Crippen LogP contribution in [0.1, 0.15) is 19.8 Å². The average molecular weight is 198 g/mol. The summed E-state index contributed by atoms with van der Waals surface area (Å²) in [5.41, 5.74) is 0. The van der Waals surface area contributed by atoms with Gasteiger partial charge < -0.3 is 15.4 Å². The first-order chi connectivity index (χ1) is 6.72. The Hall–Kier alpha value is -1.10. The number of carbonyl (C=O) groups excluding carboxylic acids is 2. The van der Waals surface area contributed by atoms with Gasteiger partial charge in [-0.1, -0.05) is 0 Å². The Morgan fingerprint density at radius 3 is 3.07 bits per heavy atom. The Bertz CT molecular complexity index is 267. The normalized spacial score (nSPS) is 35.2. The Morgan fingerprint density at radius 1 is 1.57 bits per heavy atom. The van der Waals surface area contributed by atoms with Crippen LogP contribution in [-0.2, 0) is 14.3 Å². The van der Waals surface area contributed by atoms with E-state index >= 15 is 0 Å². The molecule has 0 aromatic rings. The first kappa shape index (κ1) is 9.45. The number of rotatable bonds is 2. The maximum Gasteiger partial charge on any atom is 0.330 e. The van der Waals surface area contributed by atoms with Crippen LogP contribution in [0.5, 0.6) is 0 Å². The summed E-state index contributed by atoms with van der Waals surface area (Å²) in [6.07, 6.45) is 1.67. The van der Waals surface area contributed by atoms with E-state index in [2.05, 4.69) is 10.6 Å². The minimum atomic E-state index is -0.499. The van der Waals surface area contributed by atoms with Gasteiger partial charge in [0.05, 0.1) is 12.6 Å². The summed E-state index contributed by atoms with van der Waals surface area (Å²) in [5, 5.41) is 5.80. The molecular formula is C9H14N2O3. The van der Waals surface area contributed by atoms with Gasteiger partial charge in [0.25, 0.3) is 0 Å². The smallest absolute Gasteiger partial charge is 0.330 e. The van der Waals surface area contributed by atoms with Crippen LogP contribution in [0.2, 0.25) is 0 Å². The molecule has 2 fully saturated rings. The Morgan fingerprint density at radius 2 is 2.36 bits per heavy atom. The van der Waals surface area contributed by atoms with E-state index in [9.17, 15) is 9.59 Å². The summed E-state index contributed by atoms with van der Waals surface area (Å²) in [6, 6.07) is -0.552. The quantitative estimate of drug-likeness (QED) is 0.568. The number of amides is 1. The molecule has 0 spiro atoms. The summed E-state index contributed by atoms with van der Waals surface area (Å²) in [5.74, 6) is -0.421. The molecule has 2 saturated heterocycles. The lowest BCUT2D eigenvalue weighted by Gasteiger charge is -2.28. The van der Waals surface area contributed by atoms with Crippen LogP contribution >= 0.6 is 0 Å². The van der Waals surface area contributed by atoms with Gasteiger partial charge in [0.15, 0.2) is 0 Å². The van der Waals surface area contributed by atoms with Gasteiger partial charge in [-0.2, -0.15) is 0 Å². The lowest BCUT2D eigenvalue weighted by Crippen LogP contribution is -2.62. The van der Waals surface area contributed by atoms with Gasteiger partial charge >= 0.3 is 5.97 Å². The van der Waals surface area contributed by atoms with Gasteiger partial charge in [-0.15, -0.1) is 0 Å². The van der Waals surface area contributed by atoms with Crippen molar-refractivity contribution in [1.82, 2.24) is 10.6 Å². The molecule has 78 valence electrons. The Balaban J connectivity index is 2.05. The summed E-state index contributed by atoms with van der Waals surface area (Å²) in [6.45, 7) is 2.11. The second-order valence-corrected chi connectivity index (χ2v) is 3.64. The molecule has 1 amide bonds. The Kier molecular flexibility index (Phi) is 2.41. The molecule has 2 bridgehead atoms. The molecule has 14 heavy (non-hydrogen) atoms. The van der Waals surface area contributed by atoms with Crippen molar-refractivity contribution in [2.24, 2.45) is 0 Å². The molecule has 5 heteroatoms. The van der Waals surface area contributed by atoms with Crippen molar-refractivity contribution in [1.29, 1.82) is 0 Å². The molecule has 0 aromatic carbocycles. The number of carbonyl (C=O) groups is 2. The lowest BCUT2D eigenvalue weighted by atomic mass is 10.1. The van der Waals surface area contributed by atoms with Crippen molar-refractivity contribution in [2.75, 3.05) is 6.61 Å².